The number of carbonyl (C=O) groups is 1. The van der Waals surface area contributed by atoms with Crippen molar-refractivity contribution in [1.82, 2.24) is 0 Å². The second kappa shape index (κ2) is 7.36. The van der Waals surface area contributed by atoms with E-state index in [1.165, 1.54) is 0 Å². The van der Waals surface area contributed by atoms with Crippen LogP contribution in [-0.2, 0) is 22.1 Å². The number of amides is 1. The van der Waals surface area contributed by atoms with E-state index in [9.17, 15) is 9.00 Å². The van der Waals surface area contributed by atoms with Crippen LogP contribution in [0.3, 0.4) is 0 Å². The lowest BCUT2D eigenvalue weighted by molar-refractivity contribution is -0.113. The lowest BCUT2D eigenvalue weighted by atomic mass is 10.2. The van der Waals surface area contributed by atoms with Crippen LogP contribution in [-0.4, -0.2) is 15.9 Å². The zero-order chi connectivity index (χ0) is 15.2. The molecule has 0 saturated heterocycles. The second-order valence-corrected chi connectivity index (χ2v) is 6.20. The van der Waals surface area contributed by atoms with Gasteiger partial charge < -0.3 is 11.1 Å². The van der Waals surface area contributed by atoms with Crippen molar-refractivity contribution in [2.75, 3.05) is 11.1 Å². The van der Waals surface area contributed by atoms with Crippen molar-refractivity contribution >= 4 is 34.0 Å². The molecular formula is C15H15ClN2O2S. The van der Waals surface area contributed by atoms with Gasteiger partial charge in [-0.15, -0.1) is 0 Å². The third-order valence-electron chi connectivity index (χ3n) is 2.79. The fourth-order valence-electron chi connectivity index (χ4n) is 1.80. The van der Waals surface area contributed by atoms with Crippen molar-refractivity contribution in [2.45, 2.75) is 11.4 Å². The molecule has 3 N–H and O–H groups in total. The number of rotatable bonds is 5. The SMILES string of the molecule is NCc1cccc(NC(=O)CS(=O)c2ccccc2Cl)c1. The monoisotopic (exact) mass is 322 g/mol. The average molecular weight is 323 g/mol. The number of hydrogen-bond donors (Lipinski definition) is 2. The van der Waals surface area contributed by atoms with Gasteiger partial charge in [-0.2, -0.15) is 0 Å². The number of anilines is 1. The highest BCUT2D eigenvalue weighted by Gasteiger charge is 2.13. The standard InChI is InChI=1S/C15H15ClN2O2S/c16-13-6-1-2-7-14(13)21(20)10-15(19)18-12-5-3-4-11(8-12)9-17/h1-8H,9-10,17H2,(H,18,19). The summed E-state index contributed by atoms with van der Waals surface area (Å²) in [6.07, 6.45) is 0. The summed E-state index contributed by atoms with van der Waals surface area (Å²) in [5, 5.41) is 3.10. The normalized spacial score (nSPS) is 11.9. The molecule has 2 aromatic rings. The van der Waals surface area contributed by atoms with Crippen LogP contribution in [0, 0.1) is 0 Å². The molecule has 0 radical (unpaired) electrons. The summed E-state index contributed by atoms with van der Waals surface area (Å²) in [7, 11) is -1.47. The molecule has 0 aliphatic carbocycles. The van der Waals surface area contributed by atoms with Crippen LogP contribution >= 0.6 is 11.6 Å². The molecule has 21 heavy (non-hydrogen) atoms. The molecular weight excluding hydrogens is 308 g/mol. The van der Waals surface area contributed by atoms with Gasteiger partial charge in [-0.05, 0) is 29.8 Å². The first kappa shape index (κ1) is 15.7. The Morgan fingerprint density at radius 1 is 1.19 bits per heavy atom. The van der Waals surface area contributed by atoms with E-state index in [1.54, 1.807) is 36.4 Å². The van der Waals surface area contributed by atoms with E-state index in [0.29, 0.717) is 22.2 Å². The van der Waals surface area contributed by atoms with Gasteiger partial charge in [-0.25, -0.2) is 0 Å². The molecule has 1 atom stereocenters. The summed E-state index contributed by atoms with van der Waals surface area (Å²) >= 11 is 5.96. The van der Waals surface area contributed by atoms with Gasteiger partial charge in [-0.3, -0.25) is 9.00 Å². The highest BCUT2D eigenvalue weighted by molar-refractivity contribution is 7.86. The quantitative estimate of drug-likeness (QED) is 0.888. The number of hydrogen-bond acceptors (Lipinski definition) is 3. The number of halogens is 1. The Balaban J connectivity index is 2.01. The zero-order valence-corrected chi connectivity index (χ0v) is 12.8. The first-order chi connectivity index (χ1) is 10.1. The topological polar surface area (TPSA) is 72.2 Å². The van der Waals surface area contributed by atoms with E-state index in [4.69, 9.17) is 17.3 Å². The largest absolute Gasteiger partial charge is 0.326 e. The summed E-state index contributed by atoms with van der Waals surface area (Å²) in [6.45, 7) is 0.398. The molecule has 1 amide bonds. The predicted molar refractivity (Wildman–Crippen MR) is 85.7 cm³/mol. The Morgan fingerprint density at radius 3 is 2.67 bits per heavy atom. The molecule has 2 rings (SSSR count). The summed E-state index contributed by atoms with van der Waals surface area (Å²) in [6, 6.07) is 14.0. The van der Waals surface area contributed by atoms with Crippen molar-refractivity contribution in [1.29, 1.82) is 0 Å². The fourth-order valence-corrected chi connectivity index (χ4v) is 3.17. The van der Waals surface area contributed by atoms with Gasteiger partial charge in [0, 0.05) is 12.2 Å². The Bertz CT molecular complexity index is 676. The molecule has 0 aromatic heterocycles. The van der Waals surface area contributed by atoms with Crippen molar-refractivity contribution in [3.63, 3.8) is 0 Å². The maximum absolute atomic E-state index is 12.1. The Kier molecular flexibility index (Phi) is 5.50. The number of benzene rings is 2. The van der Waals surface area contributed by atoms with Gasteiger partial charge in [0.15, 0.2) is 0 Å². The van der Waals surface area contributed by atoms with Crippen molar-refractivity contribution < 1.29 is 9.00 Å². The highest BCUT2D eigenvalue weighted by atomic mass is 35.5. The van der Waals surface area contributed by atoms with E-state index in [1.807, 2.05) is 12.1 Å². The van der Waals surface area contributed by atoms with Crippen LogP contribution in [0.25, 0.3) is 0 Å². The predicted octanol–water partition coefficient (Wildman–Crippen LogP) is 2.55. The Labute approximate surface area is 130 Å². The summed E-state index contributed by atoms with van der Waals surface area (Å²) in [4.78, 5) is 12.4. The number of nitrogens with two attached hydrogens (primary N) is 1. The molecule has 0 heterocycles. The summed E-state index contributed by atoms with van der Waals surface area (Å²) in [5.41, 5.74) is 7.10. The zero-order valence-electron chi connectivity index (χ0n) is 11.2. The van der Waals surface area contributed by atoms with E-state index < -0.39 is 10.8 Å². The minimum Gasteiger partial charge on any atom is -0.326 e. The van der Waals surface area contributed by atoms with Crippen LogP contribution in [0.2, 0.25) is 5.02 Å². The maximum atomic E-state index is 12.1. The minimum absolute atomic E-state index is 0.142. The van der Waals surface area contributed by atoms with Crippen LogP contribution < -0.4 is 11.1 Å². The number of carbonyl (C=O) groups excluding carboxylic acids is 1. The molecule has 6 heteroatoms. The summed E-state index contributed by atoms with van der Waals surface area (Å²) < 4.78 is 12.1. The first-order valence-electron chi connectivity index (χ1n) is 6.32. The van der Waals surface area contributed by atoms with Crippen molar-refractivity contribution in [3.8, 4) is 0 Å². The second-order valence-electron chi connectivity index (χ2n) is 4.37. The van der Waals surface area contributed by atoms with Crippen molar-refractivity contribution in [3.05, 3.63) is 59.1 Å². The van der Waals surface area contributed by atoms with Gasteiger partial charge in [0.1, 0.15) is 5.75 Å². The molecule has 0 aliphatic rings. The molecule has 0 spiro atoms. The molecule has 0 saturated carbocycles. The number of nitrogens with one attached hydrogen (secondary N) is 1. The fraction of sp³-hybridized carbons (Fsp3) is 0.133. The van der Waals surface area contributed by atoms with Gasteiger partial charge in [-0.1, -0.05) is 35.9 Å². The van der Waals surface area contributed by atoms with Gasteiger partial charge in [0.25, 0.3) is 0 Å². The van der Waals surface area contributed by atoms with E-state index >= 15 is 0 Å². The smallest absolute Gasteiger partial charge is 0.237 e. The average Bonchev–Trinajstić information content (AvgIpc) is 2.47. The van der Waals surface area contributed by atoms with Crippen LogP contribution in [0.15, 0.2) is 53.4 Å². The molecule has 0 fully saturated rings. The van der Waals surface area contributed by atoms with Crippen LogP contribution in [0.1, 0.15) is 5.56 Å². The van der Waals surface area contributed by atoms with E-state index in [-0.39, 0.29) is 11.7 Å². The van der Waals surface area contributed by atoms with Gasteiger partial charge in [0.05, 0.1) is 20.7 Å². The van der Waals surface area contributed by atoms with Gasteiger partial charge >= 0.3 is 0 Å². The molecule has 0 aliphatic heterocycles. The molecule has 1 unspecified atom stereocenters. The summed E-state index contributed by atoms with van der Waals surface area (Å²) in [5.74, 6) is -0.473. The molecule has 0 bridgehead atoms. The third kappa shape index (κ3) is 4.39. The first-order valence-corrected chi connectivity index (χ1v) is 8.01. The van der Waals surface area contributed by atoms with Gasteiger partial charge in [0.2, 0.25) is 5.91 Å². The van der Waals surface area contributed by atoms with Crippen molar-refractivity contribution in [2.24, 2.45) is 5.73 Å². The van der Waals surface area contributed by atoms with Crippen LogP contribution in [0.5, 0.6) is 0 Å². The molecule has 2 aromatic carbocycles. The van der Waals surface area contributed by atoms with E-state index in [2.05, 4.69) is 5.32 Å². The van der Waals surface area contributed by atoms with E-state index in [0.717, 1.165) is 5.56 Å². The lowest BCUT2D eigenvalue weighted by Gasteiger charge is -2.07. The highest BCUT2D eigenvalue weighted by Crippen LogP contribution is 2.19. The molecule has 4 nitrogen and oxygen atoms in total. The Morgan fingerprint density at radius 2 is 1.95 bits per heavy atom. The Hall–Kier alpha value is -1.69. The maximum Gasteiger partial charge on any atom is 0.237 e. The van der Waals surface area contributed by atoms with Crippen LogP contribution in [0.4, 0.5) is 5.69 Å². The minimum atomic E-state index is -1.47. The lowest BCUT2D eigenvalue weighted by Crippen LogP contribution is -2.19. The molecule has 110 valence electrons. The third-order valence-corrected chi connectivity index (χ3v) is 4.60.